The first kappa shape index (κ1) is 13.6. The highest BCUT2D eigenvalue weighted by Crippen LogP contribution is 2.46. The molecule has 0 aliphatic rings. The van der Waals surface area contributed by atoms with Crippen molar-refractivity contribution in [3.05, 3.63) is 181 Å². The lowest BCUT2D eigenvalue weighted by Crippen LogP contribution is -1.92. The normalized spacial score (nSPS) is 18.0. The van der Waals surface area contributed by atoms with Gasteiger partial charge in [0.25, 0.3) is 0 Å². The maximum absolute atomic E-state index is 10.0. The molecule has 0 saturated carbocycles. The molecule has 228 valence electrons. The van der Waals surface area contributed by atoms with E-state index in [2.05, 4.69) is 0 Å². The van der Waals surface area contributed by atoms with Crippen LogP contribution in [0.15, 0.2) is 186 Å². The van der Waals surface area contributed by atoms with Crippen LogP contribution in [0.25, 0.3) is 98.8 Å². The van der Waals surface area contributed by atoms with Gasteiger partial charge < -0.3 is 4.42 Å². The Morgan fingerprint density at radius 2 is 0.837 bits per heavy atom. The van der Waals surface area contributed by atoms with Crippen molar-refractivity contribution in [2.24, 2.45) is 0 Å². The van der Waals surface area contributed by atoms with E-state index in [1.807, 2.05) is 0 Å². The van der Waals surface area contributed by atoms with Crippen molar-refractivity contribution < 1.29 is 34.6 Å². The van der Waals surface area contributed by atoms with Gasteiger partial charge in [-0.15, -0.1) is 0 Å². The molecule has 1 aromatic heterocycles. The van der Waals surface area contributed by atoms with Crippen LogP contribution in [-0.2, 0) is 0 Å². The third kappa shape index (κ3) is 4.47. The molecular formula is C48H30O. The Balaban J connectivity index is 1.37. The Morgan fingerprint density at radius 3 is 1.45 bits per heavy atom. The molecule has 1 heteroatoms. The van der Waals surface area contributed by atoms with E-state index < -0.39 is 155 Å². The maximum atomic E-state index is 10.0. The first-order valence-electron chi connectivity index (χ1n) is 26.1. The Morgan fingerprint density at radius 1 is 0.347 bits per heavy atom. The standard InChI is InChI=1S/C48H30O/c1-3-13-31(14-4-1)37-25-23-35(28-43(37)32-15-5-2-6-16-32)47-39-19-9-11-21-41(39)48(42-22-12-10-20-40(42)47)36-24-26-38-44-27-33-17-7-8-18-34(33)29-46(44)49-45(38)30-36/h1-30H/i1D,2D,3D,4D,5D,6D,7D,8D,13D,14D,15D,16D,17D,18D,23D,24D,25D,26D,27D,28D,29D,30D. The van der Waals surface area contributed by atoms with Gasteiger partial charge in [-0.1, -0.05) is 151 Å². The zero-order valence-electron chi connectivity index (χ0n) is 47.0. The number of hydrogen-bond acceptors (Lipinski definition) is 1. The van der Waals surface area contributed by atoms with Gasteiger partial charge in [-0.05, 0) is 107 Å². The molecular weight excluding hydrogens is 593 g/mol. The van der Waals surface area contributed by atoms with Crippen LogP contribution in [0.1, 0.15) is 30.2 Å². The first-order chi connectivity index (χ1) is 33.5. The molecule has 0 radical (unpaired) electrons. The summed E-state index contributed by atoms with van der Waals surface area (Å²) in [5.74, 6) is 0. The molecule has 0 saturated heterocycles. The van der Waals surface area contributed by atoms with E-state index >= 15 is 0 Å². The minimum absolute atomic E-state index is 0.0861. The molecule has 10 rings (SSSR count). The van der Waals surface area contributed by atoms with Crippen LogP contribution in [0.2, 0.25) is 0 Å². The largest absolute Gasteiger partial charge is 0.456 e. The quantitative estimate of drug-likeness (QED) is 0.174. The fraction of sp³-hybridized carbons (Fsp3) is 0. The highest BCUT2D eigenvalue weighted by Gasteiger charge is 2.19. The van der Waals surface area contributed by atoms with E-state index in [0.717, 1.165) is 0 Å². The second-order valence-electron chi connectivity index (χ2n) is 11.1. The predicted molar refractivity (Wildman–Crippen MR) is 208 cm³/mol. The number of furan rings is 1. The van der Waals surface area contributed by atoms with Crippen LogP contribution in [0.4, 0.5) is 0 Å². The van der Waals surface area contributed by atoms with Crippen molar-refractivity contribution in [3.8, 4) is 44.5 Å². The lowest BCUT2D eigenvalue weighted by atomic mass is 9.84. The SMILES string of the molecule is [2H]c1c([2H])c([2H])c(-c2c([2H])c([2H])c(-c3c4ccccc4c(-c4c([2H])c([2H])c5c(oc6c([2H])c7c([2H])c([2H])c([2H])c([2H])c7c([2H])c65)c4[2H])c4ccccc34)c([2H])c2-c2c([2H])c([2H])c([2H])c([2H])c2[2H])c([2H])c1[2H]. The molecule has 0 bridgehead atoms. The molecule has 0 unspecified atom stereocenters. The minimum Gasteiger partial charge on any atom is -0.456 e. The van der Waals surface area contributed by atoms with E-state index in [4.69, 9.17) is 26.3 Å². The lowest BCUT2D eigenvalue weighted by molar-refractivity contribution is 0.669. The van der Waals surface area contributed by atoms with Crippen LogP contribution >= 0.6 is 0 Å². The van der Waals surface area contributed by atoms with Crippen LogP contribution in [-0.4, -0.2) is 0 Å². The van der Waals surface area contributed by atoms with E-state index in [9.17, 15) is 8.22 Å². The Hall–Kier alpha value is -6.44. The van der Waals surface area contributed by atoms with E-state index in [1.165, 1.54) is 0 Å². The number of benzene rings is 9. The van der Waals surface area contributed by atoms with Crippen LogP contribution in [0, 0.1) is 0 Å². The highest BCUT2D eigenvalue weighted by molar-refractivity contribution is 6.22. The molecule has 10 aromatic rings. The van der Waals surface area contributed by atoms with Crippen LogP contribution in [0.3, 0.4) is 0 Å². The summed E-state index contributed by atoms with van der Waals surface area (Å²) in [5, 5.41) is -0.0346. The smallest absolute Gasteiger partial charge is 0.136 e. The molecule has 9 aromatic carbocycles. The average molecular weight is 645 g/mol. The van der Waals surface area contributed by atoms with E-state index in [-0.39, 0.29) is 76.5 Å². The third-order valence-electron chi connectivity index (χ3n) is 8.38. The summed E-state index contributed by atoms with van der Waals surface area (Å²) in [6.45, 7) is 0. The zero-order chi connectivity index (χ0) is 51.5. The maximum Gasteiger partial charge on any atom is 0.136 e. The summed E-state index contributed by atoms with van der Waals surface area (Å²) in [6, 6.07) is -2.64. The van der Waals surface area contributed by atoms with Gasteiger partial charge >= 0.3 is 0 Å². The molecule has 0 N–H and O–H groups in total. The molecule has 0 atom stereocenters. The predicted octanol–water partition coefficient (Wildman–Crippen LogP) is 13.7. The fourth-order valence-electron chi connectivity index (χ4n) is 6.30. The summed E-state index contributed by atoms with van der Waals surface area (Å²) in [4.78, 5) is 0. The third-order valence-corrected chi connectivity index (χ3v) is 8.38. The molecule has 0 aliphatic heterocycles. The summed E-state index contributed by atoms with van der Waals surface area (Å²) in [5.41, 5.74) is -3.40. The topological polar surface area (TPSA) is 13.1 Å². The second-order valence-corrected chi connectivity index (χ2v) is 11.1. The van der Waals surface area contributed by atoms with E-state index in [0.29, 0.717) is 0 Å². The molecule has 1 nitrogen and oxygen atoms in total. The van der Waals surface area contributed by atoms with Crippen molar-refractivity contribution >= 4 is 54.3 Å². The Kier molecular flexibility index (Phi) is 3.07. The van der Waals surface area contributed by atoms with Crippen LogP contribution in [0.5, 0.6) is 0 Å². The number of hydrogen-bond donors (Lipinski definition) is 0. The van der Waals surface area contributed by atoms with Crippen molar-refractivity contribution in [3.63, 3.8) is 0 Å². The molecule has 0 aliphatic carbocycles. The fourth-order valence-corrected chi connectivity index (χ4v) is 6.30. The van der Waals surface area contributed by atoms with Gasteiger partial charge in [0.1, 0.15) is 11.2 Å². The van der Waals surface area contributed by atoms with Crippen LogP contribution < -0.4 is 0 Å². The minimum atomic E-state index is -0.838. The summed E-state index contributed by atoms with van der Waals surface area (Å²) >= 11 is 0. The van der Waals surface area contributed by atoms with Gasteiger partial charge in [-0.3, -0.25) is 0 Å². The van der Waals surface area contributed by atoms with Crippen molar-refractivity contribution in [2.75, 3.05) is 0 Å². The first-order valence-corrected chi connectivity index (χ1v) is 15.1. The van der Waals surface area contributed by atoms with Crippen molar-refractivity contribution in [1.82, 2.24) is 0 Å². The molecule has 0 amide bonds. The van der Waals surface area contributed by atoms with Gasteiger partial charge in [0.15, 0.2) is 0 Å². The van der Waals surface area contributed by atoms with Crippen molar-refractivity contribution in [2.45, 2.75) is 0 Å². The molecule has 49 heavy (non-hydrogen) atoms. The van der Waals surface area contributed by atoms with E-state index in [1.54, 1.807) is 48.5 Å². The molecule has 0 fully saturated rings. The molecule has 0 spiro atoms. The second kappa shape index (κ2) is 11.1. The van der Waals surface area contributed by atoms with Gasteiger partial charge in [-0.25, -0.2) is 0 Å². The summed E-state index contributed by atoms with van der Waals surface area (Å²) in [6.07, 6.45) is 0. The summed E-state index contributed by atoms with van der Waals surface area (Å²) in [7, 11) is 0. The Bertz CT molecular complexity index is 4030. The van der Waals surface area contributed by atoms with Gasteiger partial charge in [0, 0.05) is 10.8 Å². The van der Waals surface area contributed by atoms with Gasteiger partial charge in [0.05, 0.1) is 30.2 Å². The summed E-state index contributed by atoms with van der Waals surface area (Å²) < 4.78 is 202. The Labute approximate surface area is 315 Å². The number of fused-ring (bicyclic) bond motifs is 6. The average Bonchev–Trinajstić information content (AvgIpc) is 3.78. The molecule has 1 heterocycles. The number of rotatable bonds is 4. The monoisotopic (exact) mass is 644 g/mol. The van der Waals surface area contributed by atoms with Gasteiger partial charge in [0.2, 0.25) is 0 Å². The zero-order valence-corrected chi connectivity index (χ0v) is 25.0. The lowest BCUT2D eigenvalue weighted by Gasteiger charge is -2.19. The highest BCUT2D eigenvalue weighted by atomic mass is 16.3. The van der Waals surface area contributed by atoms with Gasteiger partial charge in [-0.2, -0.15) is 0 Å². The van der Waals surface area contributed by atoms with Crippen molar-refractivity contribution in [1.29, 1.82) is 0 Å².